The molecule has 76 heavy (non-hydrogen) atoms. The molecule has 408 valence electrons. The van der Waals surface area contributed by atoms with E-state index >= 15 is 0 Å². The predicted octanol–water partition coefficient (Wildman–Crippen LogP) is 12.3. The lowest BCUT2D eigenvalue weighted by molar-refractivity contribution is -0.148. The van der Waals surface area contributed by atoms with Gasteiger partial charge in [-0.1, -0.05) is 59.6 Å². The summed E-state index contributed by atoms with van der Waals surface area (Å²) in [6.45, 7) is 1.37. The first-order chi connectivity index (χ1) is 35.8. The third kappa shape index (κ3) is 13.3. The first-order valence-electron chi connectivity index (χ1n) is 23.6. The number of benzene rings is 4. The van der Waals surface area contributed by atoms with Crippen LogP contribution in [-0.4, -0.2) is 66.8 Å². The standard InChI is InChI=1S/C25H22ClF6N5O2.C14H14ClF3N4.C10H10F3NO/c26-16-6-3-14(4-7-16)13-37-21(34-35-22(37)25(30,31)32)19-2-1-10-36(19)23(38)33-18-9-11-39-20-12-15(24(27,28)29)5-8-17(18)20;15-10-5-3-9(4-6-10)8-22-12(11-2-1-7-19-11)20-21-13(22)14(16,17)18;11-10(12,13)6-1-2-7-8(14)3-4-15-9(7)5-6/h3-8,12,18-19H,1-2,9-11,13H2,(H,33,38);3-6,11,19H,1-2,7-8H2;1-2,5,8H,3-4,14H2/t18-,19+;11-;8-/m010/s1. The molecule has 4 aliphatic rings. The van der Waals surface area contributed by atoms with Gasteiger partial charge in [0.05, 0.1) is 55.6 Å². The van der Waals surface area contributed by atoms with E-state index in [9.17, 15) is 57.5 Å². The number of urea groups is 1. The van der Waals surface area contributed by atoms with E-state index in [1.807, 2.05) is 0 Å². The Bertz CT molecular complexity index is 2960. The Balaban J connectivity index is 0.000000172. The zero-order chi connectivity index (χ0) is 54.7. The minimum atomic E-state index is -4.77. The molecular weight excluding hydrogens is 1080 g/mol. The molecule has 4 N–H and O–H groups in total. The lowest BCUT2D eigenvalue weighted by Gasteiger charge is -2.31. The van der Waals surface area contributed by atoms with Crippen LogP contribution in [0.1, 0.15) is 119 Å². The molecule has 10 rings (SSSR count). The Morgan fingerprint density at radius 3 is 1.63 bits per heavy atom. The van der Waals surface area contributed by atoms with Gasteiger partial charge in [0.15, 0.2) is 11.6 Å². The molecular formula is C49H46Cl2F12N10O3. The Morgan fingerprint density at radius 2 is 1.12 bits per heavy atom. The summed E-state index contributed by atoms with van der Waals surface area (Å²) < 4.78 is 170. The molecule has 4 aromatic carbocycles. The van der Waals surface area contributed by atoms with Gasteiger partial charge in [0, 0.05) is 46.6 Å². The molecule has 27 heteroatoms. The smallest absolute Gasteiger partial charge is 0.451 e. The van der Waals surface area contributed by atoms with E-state index in [2.05, 4.69) is 31.0 Å². The highest BCUT2D eigenvalue weighted by Crippen LogP contribution is 2.41. The number of nitrogens with two attached hydrogens (primary N) is 1. The molecule has 2 aromatic heterocycles. The summed E-state index contributed by atoms with van der Waals surface area (Å²) in [4.78, 5) is 14.7. The second kappa shape index (κ2) is 22.7. The van der Waals surface area contributed by atoms with Gasteiger partial charge in [0.25, 0.3) is 0 Å². The molecule has 6 heterocycles. The lowest BCUT2D eigenvalue weighted by Crippen LogP contribution is -2.43. The van der Waals surface area contributed by atoms with Gasteiger partial charge in [-0.3, -0.25) is 0 Å². The van der Waals surface area contributed by atoms with Crippen molar-refractivity contribution in [1.82, 2.24) is 45.1 Å². The van der Waals surface area contributed by atoms with Gasteiger partial charge < -0.3 is 39.9 Å². The normalized spacial score (nSPS) is 19.5. The molecule has 0 saturated carbocycles. The van der Waals surface area contributed by atoms with Gasteiger partial charge in [-0.2, -0.15) is 52.7 Å². The van der Waals surface area contributed by atoms with E-state index in [0.29, 0.717) is 70.4 Å². The van der Waals surface area contributed by atoms with E-state index in [1.165, 1.54) is 17.0 Å². The van der Waals surface area contributed by atoms with Crippen LogP contribution in [0.5, 0.6) is 11.5 Å². The number of hydrogen-bond donors (Lipinski definition) is 3. The van der Waals surface area contributed by atoms with Crippen molar-refractivity contribution in [2.75, 3.05) is 26.3 Å². The van der Waals surface area contributed by atoms with Crippen molar-refractivity contribution in [1.29, 1.82) is 0 Å². The fourth-order valence-corrected chi connectivity index (χ4v) is 9.39. The molecule has 6 aromatic rings. The summed E-state index contributed by atoms with van der Waals surface area (Å²) in [6, 6.07) is 17.1. The van der Waals surface area contributed by atoms with Crippen molar-refractivity contribution in [3.63, 3.8) is 0 Å². The molecule has 0 unspecified atom stereocenters. The highest BCUT2D eigenvalue weighted by molar-refractivity contribution is 6.30. The van der Waals surface area contributed by atoms with Crippen LogP contribution in [0.4, 0.5) is 57.5 Å². The second-order valence-electron chi connectivity index (χ2n) is 18.1. The average Bonchev–Trinajstić information content (AvgIpc) is 4.21. The van der Waals surface area contributed by atoms with Gasteiger partial charge in [-0.25, -0.2) is 4.79 Å². The lowest BCUT2D eigenvalue weighted by atomic mass is 9.98. The summed E-state index contributed by atoms with van der Waals surface area (Å²) in [7, 11) is 0. The summed E-state index contributed by atoms with van der Waals surface area (Å²) in [6.07, 6.45) is -14.7. The predicted molar refractivity (Wildman–Crippen MR) is 251 cm³/mol. The van der Waals surface area contributed by atoms with Crippen molar-refractivity contribution >= 4 is 29.2 Å². The number of carbonyl (C=O) groups excluding carboxylic acids is 1. The van der Waals surface area contributed by atoms with Crippen LogP contribution in [0, 0.1) is 0 Å². The number of likely N-dealkylation sites (tertiary alicyclic amines) is 1. The number of hydrogen-bond acceptors (Lipinski definition) is 9. The van der Waals surface area contributed by atoms with Crippen molar-refractivity contribution in [3.05, 3.63) is 152 Å². The number of halogens is 14. The summed E-state index contributed by atoms with van der Waals surface area (Å²) >= 11 is 11.7. The Morgan fingerprint density at radius 1 is 0.618 bits per heavy atom. The van der Waals surface area contributed by atoms with Crippen LogP contribution in [0.15, 0.2) is 84.9 Å². The van der Waals surface area contributed by atoms with Crippen LogP contribution in [-0.2, 0) is 37.8 Å². The number of carbonyl (C=O) groups is 1. The largest absolute Gasteiger partial charge is 0.493 e. The number of aromatic nitrogens is 6. The first kappa shape index (κ1) is 55.9. The second-order valence-corrected chi connectivity index (χ2v) is 18.9. The Labute approximate surface area is 435 Å². The van der Waals surface area contributed by atoms with Crippen molar-refractivity contribution in [2.45, 2.75) is 100 Å². The zero-order valence-electron chi connectivity index (χ0n) is 39.6. The molecule has 0 bridgehead atoms. The van der Waals surface area contributed by atoms with E-state index in [0.717, 1.165) is 52.8 Å². The molecule has 0 radical (unpaired) electrons. The molecule has 0 spiro atoms. The molecule has 2 saturated heterocycles. The molecule has 0 aliphatic carbocycles. The quantitative estimate of drug-likeness (QED) is 0.133. The number of amides is 2. The van der Waals surface area contributed by atoms with Crippen molar-refractivity contribution in [3.8, 4) is 11.5 Å². The fourth-order valence-electron chi connectivity index (χ4n) is 9.13. The van der Waals surface area contributed by atoms with E-state index < -0.39 is 65.6 Å². The number of nitrogens with one attached hydrogen (secondary N) is 2. The number of alkyl halides is 12. The fraction of sp³-hybridized carbons (Fsp3) is 0.408. The highest BCUT2D eigenvalue weighted by Gasteiger charge is 2.43. The van der Waals surface area contributed by atoms with E-state index in [1.54, 1.807) is 48.5 Å². The SMILES string of the molecule is FC(F)(F)c1nnc([C@H]2CCCN2)n1Cc1ccc(Cl)cc1.N[C@H]1CCOc2cc(C(F)(F)F)ccc21.O=C(N[C@H]1CCOc2cc(C(F)(F)F)ccc21)N1CCC[C@@H]1c1nnc(C(F)(F)F)n1Cc1ccc(Cl)cc1. The van der Waals surface area contributed by atoms with E-state index in [4.69, 9.17) is 38.4 Å². The molecule has 4 atom stereocenters. The zero-order valence-corrected chi connectivity index (χ0v) is 41.1. The van der Waals surface area contributed by atoms with Crippen LogP contribution in [0.2, 0.25) is 10.0 Å². The average molecular weight is 1120 g/mol. The summed E-state index contributed by atoms with van der Waals surface area (Å²) in [5, 5.41) is 21.4. The topological polar surface area (TPSA) is 150 Å². The van der Waals surface area contributed by atoms with Gasteiger partial charge in [-0.05, 0) is 91.9 Å². The number of ether oxygens (including phenoxy) is 2. The minimum absolute atomic E-state index is 0.00729. The Hall–Kier alpha value is -6.31. The third-order valence-electron chi connectivity index (χ3n) is 12.9. The number of nitrogens with zero attached hydrogens (tertiary/aromatic N) is 7. The van der Waals surface area contributed by atoms with E-state index in [-0.39, 0.29) is 55.6 Å². The monoisotopic (exact) mass is 1120 g/mol. The highest BCUT2D eigenvalue weighted by atomic mass is 35.5. The van der Waals surface area contributed by atoms with Crippen LogP contribution in [0.3, 0.4) is 0 Å². The maximum Gasteiger partial charge on any atom is 0.451 e. The number of rotatable bonds is 7. The third-order valence-corrected chi connectivity index (χ3v) is 13.4. The van der Waals surface area contributed by atoms with Gasteiger partial charge in [0.2, 0.25) is 11.6 Å². The maximum atomic E-state index is 13.8. The van der Waals surface area contributed by atoms with Gasteiger partial charge >= 0.3 is 30.7 Å². The summed E-state index contributed by atoms with van der Waals surface area (Å²) in [5.74, 6) is -1.54. The van der Waals surface area contributed by atoms with Crippen molar-refractivity contribution < 1.29 is 67.0 Å². The molecule has 4 aliphatic heterocycles. The molecule has 2 fully saturated rings. The molecule has 13 nitrogen and oxygen atoms in total. The Kier molecular flexibility index (Phi) is 16.7. The van der Waals surface area contributed by atoms with Crippen LogP contribution >= 0.6 is 23.2 Å². The van der Waals surface area contributed by atoms with Gasteiger partial charge in [0.1, 0.15) is 11.5 Å². The van der Waals surface area contributed by atoms with Crippen molar-refractivity contribution in [2.24, 2.45) is 5.73 Å². The van der Waals surface area contributed by atoms with Crippen LogP contribution in [0.25, 0.3) is 0 Å². The van der Waals surface area contributed by atoms with Gasteiger partial charge in [-0.15, -0.1) is 20.4 Å². The first-order valence-corrected chi connectivity index (χ1v) is 24.3. The number of fused-ring (bicyclic) bond motifs is 2. The molecule has 2 amide bonds. The summed E-state index contributed by atoms with van der Waals surface area (Å²) in [5.41, 5.74) is 6.47. The minimum Gasteiger partial charge on any atom is -0.493 e. The van der Waals surface area contributed by atoms with Crippen LogP contribution < -0.4 is 25.8 Å². The maximum absolute atomic E-state index is 13.8.